The maximum absolute atomic E-state index is 12.6. The second-order valence-corrected chi connectivity index (χ2v) is 9.10. The van der Waals surface area contributed by atoms with E-state index >= 15 is 0 Å². The summed E-state index contributed by atoms with van der Waals surface area (Å²) in [4.78, 5) is 15.0. The molecule has 0 radical (unpaired) electrons. The molecule has 142 valence electrons. The molecular weight excluding hydrogens is 334 g/mol. The Morgan fingerprint density at radius 3 is 2.33 bits per heavy atom. The average molecular weight is 364 g/mol. The van der Waals surface area contributed by atoms with Crippen LogP contribution in [0.2, 0.25) is 0 Å². The van der Waals surface area contributed by atoms with Crippen molar-refractivity contribution >= 4 is 5.78 Å². The van der Waals surface area contributed by atoms with Crippen LogP contribution in [0.1, 0.15) is 61.5 Å². The first-order valence-corrected chi connectivity index (χ1v) is 9.98. The van der Waals surface area contributed by atoms with E-state index in [0.717, 1.165) is 43.8 Å². The third kappa shape index (κ3) is 3.79. The summed E-state index contributed by atoms with van der Waals surface area (Å²) in [6.07, 6.45) is 2.33. The van der Waals surface area contributed by atoms with Crippen molar-refractivity contribution < 1.29 is 9.53 Å². The number of likely N-dealkylation sites (tertiary alicyclic amines) is 1. The van der Waals surface area contributed by atoms with Crippen molar-refractivity contribution in [2.24, 2.45) is 0 Å². The van der Waals surface area contributed by atoms with Gasteiger partial charge >= 0.3 is 0 Å². The van der Waals surface area contributed by atoms with Crippen molar-refractivity contribution in [3.63, 3.8) is 0 Å². The van der Waals surface area contributed by atoms with Gasteiger partial charge in [0.05, 0.1) is 12.0 Å². The molecule has 2 aromatic carbocycles. The van der Waals surface area contributed by atoms with Crippen LogP contribution in [0.25, 0.3) is 0 Å². The van der Waals surface area contributed by atoms with Crippen LogP contribution in [0.15, 0.2) is 48.5 Å². The molecule has 0 atom stereocenters. The molecule has 0 N–H and O–H groups in total. The minimum Gasteiger partial charge on any atom is -0.486 e. The Morgan fingerprint density at radius 2 is 1.67 bits per heavy atom. The third-order valence-corrected chi connectivity index (χ3v) is 5.99. The Kier molecular flexibility index (Phi) is 4.59. The van der Waals surface area contributed by atoms with Crippen LogP contribution in [-0.4, -0.2) is 29.4 Å². The number of ether oxygens (including phenoxy) is 1. The molecule has 0 amide bonds. The Balaban J connectivity index is 1.39. The number of benzene rings is 2. The van der Waals surface area contributed by atoms with Crippen LogP contribution < -0.4 is 4.74 Å². The van der Waals surface area contributed by atoms with E-state index in [1.54, 1.807) is 0 Å². The van der Waals surface area contributed by atoms with Gasteiger partial charge in [0.1, 0.15) is 11.4 Å². The summed E-state index contributed by atoms with van der Waals surface area (Å²) in [5.74, 6) is 0.989. The highest BCUT2D eigenvalue weighted by Gasteiger charge is 2.42. The molecule has 3 heteroatoms. The van der Waals surface area contributed by atoms with Gasteiger partial charge in [-0.1, -0.05) is 57.2 Å². The minimum absolute atomic E-state index is 0.192. The minimum atomic E-state index is -0.308. The maximum Gasteiger partial charge on any atom is 0.170 e. The quantitative estimate of drug-likeness (QED) is 0.753. The fourth-order valence-electron chi connectivity index (χ4n) is 4.21. The molecule has 27 heavy (non-hydrogen) atoms. The van der Waals surface area contributed by atoms with Gasteiger partial charge in [0, 0.05) is 32.5 Å². The fraction of sp³-hybridized carbons (Fsp3) is 0.458. The topological polar surface area (TPSA) is 29.5 Å². The summed E-state index contributed by atoms with van der Waals surface area (Å²) in [5.41, 5.74) is 3.35. The van der Waals surface area contributed by atoms with Gasteiger partial charge < -0.3 is 4.74 Å². The molecule has 2 aliphatic rings. The van der Waals surface area contributed by atoms with E-state index in [9.17, 15) is 4.79 Å². The van der Waals surface area contributed by atoms with Crippen molar-refractivity contribution in [3.05, 3.63) is 65.2 Å². The largest absolute Gasteiger partial charge is 0.486 e. The zero-order chi connectivity index (χ0) is 19.1. The lowest BCUT2D eigenvalue weighted by molar-refractivity contribution is -0.0107. The van der Waals surface area contributed by atoms with Crippen LogP contribution in [0.3, 0.4) is 0 Å². The normalized spacial score (nSPS) is 19.6. The lowest BCUT2D eigenvalue weighted by Crippen LogP contribution is -2.50. The van der Waals surface area contributed by atoms with E-state index in [2.05, 4.69) is 49.9 Å². The summed E-state index contributed by atoms with van der Waals surface area (Å²) in [7, 11) is 0. The van der Waals surface area contributed by atoms with Gasteiger partial charge in [-0.3, -0.25) is 9.69 Å². The van der Waals surface area contributed by atoms with Crippen molar-refractivity contribution in [2.75, 3.05) is 13.1 Å². The fourth-order valence-corrected chi connectivity index (χ4v) is 4.21. The predicted molar refractivity (Wildman–Crippen MR) is 108 cm³/mol. The molecule has 0 aliphatic carbocycles. The molecule has 0 unspecified atom stereocenters. The summed E-state index contributed by atoms with van der Waals surface area (Å²) >= 11 is 0. The molecule has 1 spiro atoms. The number of piperidine rings is 1. The van der Waals surface area contributed by atoms with E-state index in [1.807, 2.05) is 24.3 Å². The SMILES string of the molecule is CC(C)(C)c1ccc(CN2CCC3(CC2)CC(=O)c2ccccc2O3)cc1. The van der Waals surface area contributed by atoms with Gasteiger partial charge in [-0.25, -0.2) is 0 Å². The number of rotatable bonds is 2. The highest BCUT2D eigenvalue weighted by molar-refractivity contribution is 6.00. The van der Waals surface area contributed by atoms with Crippen LogP contribution in [0.4, 0.5) is 0 Å². The first kappa shape index (κ1) is 18.2. The van der Waals surface area contributed by atoms with Gasteiger partial charge in [0.2, 0.25) is 0 Å². The van der Waals surface area contributed by atoms with E-state index in [0.29, 0.717) is 6.42 Å². The number of hydrogen-bond donors (Lipinski definition) is 0. The second kappa shape index (κ2) is 6.79. The lowest BCUT2D eigenvalue weighted by Gasteiger charge is -2.44. The first-order chi connectivity index (χ1) is 12.8. The number of nitrogens with zero attached hydrogens (tertiary/aromatic N) is 1. The molecule has 2 aliphatic heterocycles. The van der Waals surface area contributed by atoms with Gasteiger partial charge in [0.25, 0.3) is 0 Å². The number of hydrogen-bond acceptors (Lipinski definition) is 3. The molecule has 0 aromatic heterocycles. The lowest BCUT2D eigenvalue weighted by atomic mass is 9.82. The van der Waals surface area contributed by atoms with Crippen LogP contribution in [0.5, 0.6) is 5.75 Å². The number of para-hydroxylation sites is 1. The average Bonchev–Trinajstić information content (AvgIpc) is 2.64. The first-order valence-electron chi connectivity index (χ1n) is 9.98. The van der Waals surface area contributed by atoms with Crippen molar-refractivity contribution in [2.45, 2.75) is 57.6 Å². The third-order valence-electron chi connectivity index (χ3n) is 5.99. The Bertz CT molecular complexity index is 824. The number of ketones is 1. The van der Waals surface area contributed by atoms with Gasteiger partial charge in [-0.15, -0.1) is 0 Å². The van der Waals surface area contributed by atoms with Crippen molar-refractivity contribution in [1.82, 2.24) is 4.90 Å². The van der Waals surface area contributed by atoms with Gasteiger partial charge in [0.15, 0.2) is 5.78 Å². The van der Waals surface area contributed by atoms with Crippen molar-refractivity contribution in [3.8, 4) is 5.75 Å². The Labute approximate surface area is 162 Å². The van der Waals surface area contributed by atoms with Crippen LogP contribution >= 0.6 is 0 Å². The van der Waals surface area contributed by atoms with Crippen LogP contribution in [0, 0.1) is 0 Å². The maximum atomic E-state index is 12.6. The molecule has 1 saturated heterocycles. The second-order valence-electron chi connectivity index (χ2n) is 9.10. The monoisotopic (exact) mass is 363 g/mol. The van der Waals surface area contributed by atoms with E-state index in [1.165, 1.54) is 11.1 Å². The summed E-state index contributed by atoms with van der Waals surface area (Å²) in [6, 6.07) is 16.7. The van der Waals surface area contributed by atoms with Crippen molar-refractivity contribution in [1.29, 1.82) is 0 Å². The van der Waals surface area contributed by atoms with Crippen LogP contribution in [-0.2, 0) is 12.0 Å². The Hall–Kier alpha value is -2.13. The highest BCUT2D eigenvalue weighted by Crippen LogP contribution is 2.39. The number of carbonyl (C=O) groups excluding carboxylic acids is 1. The highest BCUT2D eigenvalue weighted by atomic mass is 16.5. The molecule has 1 fully saturated rings. The van der Waals surface area contributed by atoms with Gasteiger partial charge in [-0.2, -0.15) is 0 Å². The summed E-state index contributed by atoms with van der Waals surface area (Å²) < 4.78 is 6.34. The van der Waals surface area contributed by atoms with Gasteiger partial charge in [-0.05, 0) is 28.7 Å². The summed E-state index contributed by atoms with van der Waals surface area (Å²) in [5, 5.41) is 0. The molecule has 2 aromatic rings. The molecule has 4 rings (SSSR count). The molecule has 2 heterocycles. The predicted octanol–water partition coefficient (Wildman–Crippen LogP) is 4.98. The summed E-state index contributed by atoms with van der Waals surface area (Å²) in [6.45, 7) is 9.64. The smallest absolute Gasteiger partial charge is 0.170 e. The number of carbonyl (C=O) groups is 1. The Morgan fingerprint density at radius 1 is 1.00 bits per heavy atom. The van der Waals surface area contributed by atoms with E-state index in [-0.39, 0.29) is 16.8 Å². The number of fused-ring (bicyclic) bond motifs is 1. The molecule has 0 saturated carbocycles. The molecular formula is C24H29NO2. The molecule has 3 nitrogen and oxygen atoms in total. The van der Waals surface area contributed by atoms with E-state index < -0.39 is 0 Å². The van der Waals surface area contributed by atoms with E-state index in [4.69, 9.17) is 4.74 Å². The zero-order valence-electron chi connectivity index (χ0n) is 16.6. The number of Topliss-reactive ketones (excluding diaryl/α,β-unsaturated/α-hetero) is 1. The standard InChI is InChI=1S/C24H29NO2/c1-23(2,3)19-10-8-18(9-11-19)17-25-14-12-24(13-15-25)16-21(26)20-6-4-5-7-22(20)27-24/h4-11H,12-17H2,1-3H3. The molecule has 0 bridgehead atoms. The zero-order valence-corrected chi connectivity index (χ0v) is 16.6.